The number of carbonyl (C=O) groups is 5. The predicted octanol–water partition coefficient (Wildman–Crippen LogP) is 5.06. The molecule has 0 radical (unpaired) electrons. The molecule has 20 heteroatoms. The minimum absolute atomic E-state index is 0.0155. The highest BCUT2D eigenvalue weighted by molar-refractivity contribution is 7.85. The van der Waals surface area contributed by atoms with Gasteiger partial charge in [-0.15, -0.1) is 0 Å². The maximum Gasteiger partial charge on any atom is 0.423 e. The van der Waals surface area contributed by atoms with Crippen LogP contribution in [0, 0.1) is 29.6 Å². The van der Waals surface area contributed by atoms with Crippen LogP contribution in [-0.2, 0) is 68.7 Å². The summed E-state index contributed by atoms with van der Waals surface area (Å²) in [6, 6.07) is 3.75. The molecule has 2 amide bonds. The number of rotatable bonds is 11. The number of methoxy groups -OCH3 is 3. The van der Waals surface area contributed by atoms with Crippen molar-refractivity contribution in [3.05, 3.63) is 53.4 Å². The van der Waals surface area contributed by atoms with Crippen LogP contribution in [0.1, 0.15) is 118 Å². The van der Waals surface area contributed by atoms with E-state index >= 15 is 0 Å². The van der Waals surface area contributed by atoms with E-state index in [0.29, 0.717) is 49.8 Å². The fourth-order valence-electron chi connectivity index (χ4n) is 10.4. The second-order valence-corrected chi connectivity index (χ2v) is 21.0. The van der Waals surface area contributed by atoms with Crippen molar-refractivity contribution in [1.29, 1.82) is 0 Å². The Morgan fingerprint density at radius 2 is 1.66 bits per heavy atom. The van der Waals surface area contributed by atoms with Crippen LogP contribution in [0.25, 0.3) is 0 Å². The van der Waals surface area contributed by atoms with E-state index in [9.17, 15) is 42.6 Å². The average Bonchev–Trinajstić information content (AvgIpc) is 3.33. The average molecular weight is 1010 g/mol. The van der Waals surface area contributed by atoms with Gasteiger partial charge < -0.3 is 43.5 Å². The number of carbonyl (C=O) groups excluding carboxylic acids is 5. The number of hydrogen-bond donors (Lipinski definition) is 3. The number of aliphatic hydroxyl groups excluding tert-OH is 1. The molecule has 3 fully saturated rings. The minimum Gasteiger partial charge on any atom is -0.456 e. The molecule has 1 aromatic rings. The second kappa shape index (κ2) is 25.5. The molecule has 5 rings (SSSR count). The quantitative estimate of drug-likeness (QED) is 0.149. The van der Waals surface area contributed by atoms with Crippen LogP contribution in [0.15, 0.2) is 47.7 Å². The smallest absolute Gasteiger partial charge is 0.423 e. The van der Waals surface area contributed by atoms with Gasteiger partial charge in [-0.3, -0.25) is 19.4 Å². The number of cyclic esters (lactones) is 1. The van der Waals surface area contributed by atoms with Gasteiger partial charge in [0.05, 0.1) is 30.1 Å². The Balaban J connectivity index is 1.42. The first-order valence-corrected chi connectivity index (χ1v) is 25.9. The first-order valence-electron chi connectivity index (χ1n) is 24.5. The van der Waals surface area contributed by atoms with Crippen molar-refractivity contribution in [3.63, 3.8) is 0 Å². The monoisotopic (exact) mass is 1010 g/mol. The zero-order valence-corrected chi connectivity index (χ0v) is 42.9. The van der Waals surface area contributed by atoms with Gasteiger partial charge in [0.25, 0.3) is 11.7 Å². The molecule has 14 atom stereocenters. The Hall–Kier alpha value is -4.15. The van der Waals surface area contributed by atoms with Gasteiger partial charge in [0, 0.05) is 58.2 Å². The third kappa shape index (κ3) is 14.5. The van der Waals surface area contributed by atoms with Gasteiger partial charge in [-0.2, -0.15) is 13.1 Å². The summed E-state index contributed by atoms with van der Waals surface area (Å²) in [4.78, 5) is 74.7. The summed E-state index contributed by atoms with van der Waals surface area (Å²) in [6.07, 6.45) is 1.10. The Morgan fingerprint density at radius 3 is 2.31 bits per heavy atom. The largest absolute Gasteiger partial charge is 0.456 e. The molecule has 19 nitrogen and oxygen atoms in total. The van der Waals surface area contributed by atoms with Crippen molar-refractivity contribution >= 4 is 39.8 Å². The Bertz CT molecular complexity index is 2140. The van der Waals surface area contributed by atoms with E-state index in [4.69, 9.17) is 32.6 Å². The summed E-state index contributed by atoms with van der Waals surface area (Å²) in [7, 11) is -0.208. The van der Waals surface area contributed by atoms with Gasteiger partial charge in [0.1, 0.15) is 36.7 Å². The zero-order valence-electron chi connectivity index (χ0n) is 42.1. The highest BCUT2D eigenvalue weighted by Gasteiger charge is 2.56. The third-order valence-electron chi connectivity index (χ3n) is 14.4. The normalized spacial score (nSPS) is 35.6. The van der Waals surface area contributed by atoms with Crippen LogP contribution >= 0.6 is 0 Å². The van der Waals surface area contributed by atoms with Crippen LogP contribution < -0.4 is 4.72 Å². The zero-order chi connectivity index (χ0) is 51.5. The van der Waals surface area contributed by atoms with Gasteiger partial charge >= 0.3 is 22.4 Å². The molecule has 1 unspecified atom stereocenters. The maximum absolute atomic E-state index is 14.5. The molecule has 4 heterocycles. The van der Waals surface area contributed by atoms with Crippen LogP contribution in [0.5, 0.6) is 0 Å². The number of piperidine rings is 1. The van der Waals surface area contributed by atoms with Crippen molar-refractivity contribution in [2.75, 3.05) is 27.9 Å². The molecule has 1 aromatic heterocycles. The van der Waals surface area contributed by atoms with Crippen molar-refractivity contribution in [2.24, 2.45) is 29.6 Å². The Labute approximate surface area is 412 Å². The second-order valence-electron chi connectivity index (χ2n) is 19.7. The molecule has 70 heavy (non-hydrogen) atoms. The standard InChI is InChI=1S/C50H75N3O16S/c1-10-35-22-29(2)21-30(3)23-42(64-8)45-43(65-9)25-32(5)50(60,68-45)46(56)47(57)53-20-14-12-16-37(53)48(58)67-44(33(6)38(54)27-39(35)55)31(4)24-34-17-18-40(41(26-34)63-7)69-70(61,62)52-49(59)66-28-36-15-11-13-19-51-36/h11,13,15,19,22,24,30,32-35,37-38,40-45,54,60H,10,12,14,16-18,20-21,23,25-28H2,1-9H3,(H,52,59)/b29-22+,31-24+/t30-,32+,33+,34-,35+,37-,38-,40-,41+,42-,43-,44?,45+,50+/m0/s1. The summed E-state index contributed by atoms with van der Waals surface area (Å²) in [5, 5.41) is 23.9. The number of allylic oxidation sites excluding steroid dienone is 3. The van der Waals surface area contributed by atoms with E-state index in [1.807, 2.05) is 32.9 Å². The molecule has 3 aliphatic heterocycles. The summed E-state index contributed by atoms with van der Waals surface area (Å²) in [5.41, 5.74) is 1.87. The Morgan fingerprint density at radius 1 is 0.957 bits per heavy atom. The SMILES string of the molecule is CC[C@@H]1/C=C(\C)C[C@H](C)C[C@H](OC)[C@H]2O[C@@](O)(C(=O)C(=O)N3CCCC[C@H]3C(=O)OC(/C(C)=C/[C@@H]3CC[C@H](OS(=O)(=O)NC(=O)OCc4ccccn4)[C@H](OC)C3)[C@H](C)[C@@H](O)CC1=O)[C@H](C)C[C@@H]2OC. The summed E-state index contributed by atoms with van der Waals surface area (Å²) in [5.74, 6) is -8.44. The minimum atomic E-state index is -4.63. The fraction of sp³-hybridized carbons (Fsp3) is 0.720. The van der Waals surface area contributed by atoms with Crippen molar-refractivity contribution in [3.8, 4) is 0 Å². The Kier molecular flexibility index (Phi) is 20.7. The molecule has 392 valence electrons. The first kappa shape index (κ1) is 56.8. The van der Waals surface area contributed by atoms with Crippen LogP contribution in [0.4, 0.5) is 4.79 Å². The number of aliphatic hydroxyl groups is 2. The van der Waals surface area contributed by atoms with Crippen molar-refractivity contribution < 1.29 is 75.2 Å². The molecule has 1 aliphatic carbocycles. The fourth-order valence-corrected chi connectivity index (χ4v) is 11.3. The van der Waals surface area contributed by atoms with E-state index in [1.54, 1.807) is 43.7 Å². The van der Waals surface area contributed by atoms with Crippen LogP contribution in [0.3, 0.4) is 0 Å². The molecule has 2 saturated heterocycles. The van der Waals surface area contributed by atoms with E-state index in [2.05, 4.69) is 4.98 Å². The molecule has 4 aliphatic rings. The van der Waals surface area contributed by atoms with Crippen molar-refractivity contribution in [2.45, 2.75) is 173 Å². The number of Topliss-reactive ketones (excluding diaryl/α,β-unsaturated/α-hetero) is 2. The molecule has 0 aromatic carbocycles. The third-order valence-corrected chi connectivity index (χ3v) is 15.3. The summed E-state index contributed by atoms with van der Waals surface area (Å²) < 4.78 is 68.0. The van der Waals surface area contributed by atoms with Gasteiger partial charge in [-0.1, -0.05) is 51.5 Å². The highest BCUT2D eigenvalue weighted by Crippen LogP contribution is 2.39. The number of nitrogens with zero attached hydrogens (tertiary/aromatic N) is 2. The summed E-state index contributed by atoms with van der Waals surface area (Å²) in [6.45, 7) is 10.6. The van der Waals surface area contributed by atoms with E-state index < -0.39 is 106 Å². The van der Waals surface area contributed by atoms with Gasteiger partial charge in [0.15, 0.2) is 0 Å². The molecule has 1 saturated carbocycles. The lowest BCUT2D eigenvalue weighted by atomic mass is 9.81. The molecular formula is C50H75N3O16S. The van der Waals surface area contributed by atoms with Crippen LogP contribution in [0.2, 0.25) is 0 Å². The number of ether oxygens (including phenoxy) is 6. The molecule has 3 N–H and O–H groups in total. The van der Waals surface area contributed by atoms with Crippen LogP contribution in [-0.4, -0.2) is 140 Å². The molecule has 0 spiro atoms. The molecular weight excluding hydrogens is 931 g/mol. The van der Waals surface area contributed by atoms with Gasteiger partial charge in [0.2, 0.25) is 5.79 Å². The number of amides is 2. The van der Waals surface area contributed by atoms with E-state index in [0.717, 1.165) is 10.5 Å². The maximum atomic E-state index is 14.5. The number of aromatic nitrogens is 1. The van der Waals surface area contributed by atoms with Gasteiger partial charge in [-0.25, -0.2) is 13.8 Å². The van der Waals surface area contributed by atoms with Gasteiger partial charge in [-0.05, 0) is 108 Å². The first-order chi connectivity index (χ1) is 33.1. The number of hydrogen-bond acceptors (Lipinski definition) is 17. The number of esters is 1. The van der Waals surface area contributed by atoms with E-state index in [-0.39, 0.29) is 62.9 Å². The lowest BCUT2D eigenvalue weighted by Gasteiger charge is -2.47. The number of pyridine rings is 1. The topological polar surface area (TPSA) is 253 Å². The number of ketones is 2. The lowest BCUT2D eigenvalue weighted by molar-refractivity contribution is -0.302. The highest BCUT2D eigenvalue weighted by atomic mass is 32.2. The predicted molar refractivity (Wildman–Crippen MR) is 253 cm³/mol. The number of fused-ring (bicyclic) bond motifs is 3. The molecule has 2 bridgehead atoms. The summed E-state index contributed by atoms with van der Waals surface area (Å²) >= 11 is 0. The lowest BCUT2D eigenvalue weighted by Crippen LogP contribution is -2.64. The van der Waals surface area contributed by atoms with E-state index in [1.165, 1.54) is 27.5 Å². The van der Waals surface area contributed by atoms with Crippen molar-refractivity contribution in [1.82, 2.24) is 14.6 Å². The number of nitrogens with one attached hydrogen (secondary N) is 1.